The van der Waals surface area contributed by atoms with Gasteiger partial charge in [-0.3, -0.25) is 4.98 Å². The van der Waals surface area contributed by atoms with E-state index in [4.69, 9.17) is 9.97 Å². The molecule has 0 N–H and O–H groups in total. The lowest BCUT2D eigenvalue weighted by Crippen LogP contribution is -2.30. The second-order valence-corrected chi connectivity index (χ2v) is 16.6. The van der Waals surface area contributed by atoms with Crippen molar-refractivity contribution in [3.8, 4) is 0 Å². The number of nitrogens with zero attached hydrogens (tertiary/aromatic N) is 2. The molecular weight excluding hydrogens is 637 g/mol. The third-order valence-corrected chi connectivity index (χ3v) is 14.0. The van der Waals surface area contributed by atoms with Crippen molar-refractivity contribution in [1.29, 1.82) is 0 Å². The van der Waals surface area contributed by atoms with Crippen LogP contribution in [0.4, 0.5) is 0 Å². The summed E-state index contributed by atoms with van der Waals surface area (Å²) in [4.78, 5) is 10.3. The first-order valence-electron chi connectivity index (χ1n) is 18.7. The van der Waals surface area contributed by atoms with Gasteiger partial charge in [0.15, 0.2) is 0 Å². The lowest BCUT2D eigenvalue weighted by atomic mass is 9.70. The molecule has 1 aromatic heterocycles. The molecule has 5 aliphatic rings. The fraction of sp³-hybridized carbons (Fsp3) is 0.250. The van der Waals surface area contributed by atoms with Crippen molar-refractivity contribution >= 4 is 49.9 Å². The molecule has 1 saturated heterocycles. The summed E-state index contributed by atoms with van der Waals surface area (Å²) in [5.74, 6) is 2.94. The number of allylic oxidation sites excluding steroid dienone is 13. The molecule has 0 bridgehead atoms. The van der Waals surface area contributed by atoms with Gasteiger partial charge in [0.2, 0.25) is 0 Å². The van der Waals surface area contributed by atoms with Crippen LogP contribution in [0.5, 0.6) is 0 Å². The van der Waals surface area contributed by atoms with E-state index in [0.29, 0.717) is 34.2 Å². The first-order valence-corrected chi connectivity index (χ1v) is 19.7. The average molecular weight is 679 g/mol. The van der Waals surface area contributed by atoms with Crippen LogP contribution in [0.1, 0.15) is 55.3 Å². The molecule has 2 nitrogen and oxygen atoms in total. The van der Waals surface area contributed by atoms with Gasteiger partial charge in [-0.05, 0) is 70.6 Å². The molecule has 0 radical (unpaired) electrons. The lowest BCUT2D eigenvalue weighted by Gasteiger charge is -2.36. The Morgan fingerprint density at radius 2 is 1.53 bits per heavy atom. The number of hydrogen-bond donors (Lipinski definition) is 0. The summed E-state index contributed by atoms with van der Waals surface area (Å²) in [5, 5.41) is 6.09. The van der Waals surface area contributed by atoms with E-state index < -0.39 is 0 Å². The van der Waals surface area contributed by atoms with Crippen molar-refractivity contribution in [3.05, 3.63) is 174 Å². The van der Waals surface area contributed by atoms with Crippen LogP contribution in [0.2, 0.25) is 0 Å². The standard InChI is InChI=1S/C48H42N2S/c1-29-26-43(41-19-10-18-40-37-15-7-8-20-45(37)51-48(40)41)30(2)25-42(29)34-12-9-11-33(27-34)31-21-23-32(24-22-31)44-28-49-46-38-16-5-3-13-35(38)36-14-4-6-17-39(36)47(46)50-44/h3-17,19-23,25-29,32,37,40-42,45,48H,18,24H2,1-2H3/t29?,32-,37?,40?,41?,42?,45?,48?/m0/s1. The molecule has 10 rings (SSSR count). The molecule has 0 amide bonds. The van der Waals surface area contributed by atoms with E-state index in [-0.39, 0.29) is 5.92 Å². The molecule has 51 heavy (non-hydrogen) atoms. The molecule has 1 aliphatic heterocycles. The molecule has 7 unspecified atom stereocenters. The number of aromatic nitrogens is 2. The summed E-state index contributed by atoms with van der Waals surface area (Å²) in [5.41, 5.74) is 10.0. The van der Waals surface area contributed by atoms with E-state index in [1.165, 1.54) is 44.9 Å². The maximum absolute atomic E-state index is 5.28. The molecule has 250 valence electrons. The van der Waals surface area contributed by atoms with E-state index in [0.717, 1.165) is 34.5 Å². The van der Waals surface area contributed by atoms with Gasteiger partial charge >= 0.3 is 0 Å². The number of benzene rings is 4. The average Bonchev–Trinajstić information content (AvgIpc) is 3.58. The van der Waals surface area contributed by atoms with Crippen LogP contribution in [0.25, 0.3) is 38.2 Å². The van der Waals surface area contributed by atoms with Crippen molar-refractivity contribution in [1.82, 2.24) is 9.97 Å². The Morgan fingerprint density at radius 1 is 0.745 bits per heavy atom. The molecule has 2 heterocycles. The second kappa shape index (κ2) is 12.5. The van der Waals surface area contributed by atoms with E-state index >= 15 is 0 Å². The van der Waals surface area contributed by atoms with E-state index in [9.17, 15) is 0 Å². The van der Waals surface area contributed by atoms with Crippen molar-refractivity contribution in [3.63, 3.8) is 0 Å². The van der Waals surface area contributed by atoms with Gasteiger partial charge in [0.05, 0.1) is 16.7 Å². The zero-order valence-corrected chi connectivity index (χ0v) is 30.0. The molecule has 4 aromatic carbocycles. The first kappa shape index (κ1) is 31.0. The van der Waals surface area contributed by atoms with Crippen LogP contribution in [0, 0.1) is 23.7 Å². The van der Waals surface area contributed by atoms with Crippen LogP contribution >= 0.6 is 11.8 Å². The Hall–Kier alpha value is -4.73. The highest BCUT2D eigenvalue weighted by molar-refractivity contribution is 8.01. The third-order valence-electron chi connectivity index (χ3n) is 12.2. The number of thioether (sulfide) groups is 1. The molecule has 0 saturated carbocycles. The summed E-state index contributed by atoms with van der Waals surface area (Å²) < 4.78 is 0. The topological polar surface area (TPSA) is 25.8 Å². The first-order chi connectivity index (χ1) is 25.1. The van der Waals surface area contributed by atoms with E-state index in [2.05, 4.69) is 165 Å². The van der Waals surface area contributed by atoms with Crippen molar-refractivity contribution < 1.29 is 0 Å². The van der Waals surface area contributed by atoms with Gasteiger partial charge in [0.1, 0.15) is 0 Å². The fourth-order valence-electron chi connectivity index (χ4n) is 9.65. The Morgan fingerprint density at radius 3 is 2.33 bits per heavy atom. The quantitative estimate of drug-likeness (QED) is 0.140. The molecule has 8 atom stereocenters. The Balaban J connectivity index is 0.890. The van der Waals surface area contributed by atoms with Gasteiger partial charge in [0, 0.05) is 45.2 Å². The van der Waals surface area contributed by atoms with Gasteiger partial charge in [-0.15, -0.1) is 11.8 Å². The van der Waals surface area contributed by atoms with Gasteiger partial charge in [-0.1, -0.05) is 152 Å². The Labute approximate surface area is 305 Å². The van der Waals surface area contributed by atoms with Crippen molar-refractivity contribution in [2.45, 2.75) is 49.0 Å². The highest BCUT2D eigenvalue weighted by Gasteiger charge is 2.47. The van der Waals surface area contributed by atoms with Gasteiger partial charge < -0.3 is 0 Å². The minimum atomic E-state index is 0.203. The van der Waals surface area contributed by atoms with Crippen molar-refractivity contribution in [2.75, 3.05) is 0 Å². The Kier molecular flexibility index (Phi) is 7.60. The number of fused-ring (bicyclic) bond motifs is 9. The molecule has 4 aliphatic carbocycles. The van der Waals surface area contributed by atoms with Crippen LogP contribution in [0.3, 0.4) is 0 Å². The van der Waals surface area contributed by atoms with E-state index in [1.54, 1.807) is 5.57 Å². The number of rotatable bonds is 4. The summed E-state index contributed by atoms with van der Waals surface area (Å²) in [6, 6.07) is 26.4. The number of hydrogen-bond acceptors (Lipinski definition) is 3. The zero-order valence-electron chi connectivity index (χ0n) is 29.2. The van der Waals surface area contributed by atoms with Crippen LogP contribution in [-0.2, 0) is 0 Å². The highest BCUT2D eigenvalue weighted by atomic mass is 32.2. The van der Waals surface area contributed by atoms with Crippen LogP contribution < -0.4 is 0 Å². The summed E-state index contributed by atoms with van der Waals surface area (Å²) in [7, 11) is 0. The summed E-state index contributed by atoms with van der Waals surface area (Å²) in [6.07, 6.45) is 30.7. The van der Waals surface area contributed by atoms with Crippen LogP contribution in [0.15, 0.2) is 157 Å². The molecule has 3 heteroatoms. The highest BCUT2D eigenvalue weighted by Crippen LogP contribution is 2.55. The fourth-order valence-corrected chi connectivity index (χ4v) is 11.6. The predicted octanol–water partition coefficient (Wildman–Crippen LogP) is 12.1. The predicted molar refractivity (Wildman–Crippen MR) is 217 cm³/mol. The molecule has 5 aromatic rings. The van der Waals surface area contributed by atoms with E-state index in [1.807, 2.05) is 6.20 Å². The minimum absolute atomic E-state index is 0.203. The summed E-state index contributed by atoms with van der Waals surface area (Å²) in [6.45, 7) is 4.77. The normalized spacial score (nSPS) is 29.6. The smallest absolute Gasteiger partial charge is 0.0975 e. The SMILES string of the molecule is CC1=CC(c2cccc(C3=CC[C@@H](c4cnc5c6ccccc6c6ccccc6c5n4)C=C3)c2)C(C)C=C1C1C=CCC2C3C=CC=CC3SC12. The minimum Gasteiger partial charge on any atom is -0.252 e. The zero-order chi connectivity index (χ0) is 34.1. The maximum atomic E-state index is 5.28. The largest absolute Gasteiger partial charge is 0.252 e. The second-order valence-electron chi connectivity index (χ2n) is 15.2. The third kappa shape index (κ3) is 5.23. The van der Waals surface area contributed by atoms with Gasteiger partial charge in [-0.25, -0.2) is 4.98 Å². The van der Waals surface area contributed by atoms with Crippen molar-refractivity contribution in [2.24, 2.45) is 23.7 Å². The van der Waals surface area contributed by atoms with Crippen LogP contribution in [-0.4, -0.2) is 20.5 Å². The Bertz CT molecular complexity index is 2400. The summed E-state index contributed by atoms with van der Waals surface area (Å²) >= 11 is 2.22. The van der Waals surface area contributed by atoms with Gasteiger partial charge in [0.25, 0.3) is 0 Å². The molecule has 0 spiro atoms. The lowest BCUT2D eigenvalue weighted by molar-refractivity contribution is 0.376. The maximum Gasteiger partial charge on any atom is 0.0975 e. The molecular formula is C48H42N2S. The monoisotopic (exact) mass is 678 g/mol. The van der Waals surface area contributed by atoms with Gasteiger partial charge in [-0.2, -0.15) is 0 Å². The molecule has 1 fully saturated rings.